The van der Waals surface area contributed by atoms with Crippen molar-refractivity contribution in [3.05, 3.63) is 83.1 Å². The van der Waals surface area contributed by atoms with Gasteiger partial charge in [0.25, 0.3) is 11.8 Å². The Kier molecular flexibility index (Phi) is 8.30. The molecule has 0 saturated carbocycles. The number of halogens is 3. The number of benzene rings is 2. The quantitative estimate of drug-likeness (QED) is 0.521. The Morgan fingerprint density at radius 1 is 0.946 bits per heavy atom. The maximum absolute atomic E-state index is 13.5. The van der Waals surface area contributed by atoms with Crippen LogP contribution in [0.15, 0.2) is 71.9 Å². The second kappa shape index (κ2) is 11.2. The number of carbonyl (C=O) groups is 4. The molecule has 10 nitrogen and oxygen atoms in total. The monoisotopic (exact) mass is 520 g/mol. The number of rotatable bonds is 6. The molecular formula is C24H23F3N4O6. The first-order chi connectivity index (χ1) is 17.4. The smallest absolute Gasteiger partial charge is 0.477 e. The summed E-state index contributed by atoms with van der Waals surface area (Å²) >= 11 is 0. The molecule has 2 aromatic carbocycles. The van der Waals surface area contributed by atoms with E-state index in [4.69, 9.17) is 15.6 Å². The fourth-order valence-corrected chi connectivity index (χ4v) is 3.84. The highest BCUT2D eigenvalue weighted by molar-refractivity contribution is 6.06. The number of aliphatic carboxylic acids is 2. The Bertz CT molecular complexity index is 1160. The molecule has 1 atom stereocenters. The number of amides is 2. The van der Waals surface area contributed by atoms with Gasteiger partial charge in [-0.05, 0) is 11.1 Å². The van der Waals surface area contributed by atoms with Gasteiger partial charge in [0.2, 0.25) is 0 Å². The van der Waals surface area contributed by atoms with E-state index in [0.717, 1.165) is 16.1 Å². The van der Waals surface area contributed by atoms with Gasteiger partial charge in [-0.2, -0.15) is 13.2 Å². The molecular weight excluding hydrogens is 497 g/mol. The van der Waals surface area contributed by atoms with Crippen molar-refractivity contribution >= 4 is 23.8 Å². The van der Waals surface area contributed by atoms with Crippen molar-refractivity contribution < 1.29 is 42.6 Å². The Morgan fingerprint density at radius 2 is 1.41 bits per heavy atom. The highest BCUT2D eigenvalue weighted by atomic mass is 19.4. The van der Waals surface area contributed by atoms with Gasteiger partial charge in [-0.1, -0.05) is 60.7 Å². The molecule has 0 radical (unpaired) electrons. The van der Waals surface area contributed by atoms with E-state index >= 15 is 0 Å². The summed E-state index contributed by atoms with van der Waals surface area (Å²) in [6, 6.07) is 18.2. The number of carboxylic acids is 2. The maximum atomic E-state index is 13.5. The fraction of sp³-hybridized carbons (Fsp3) is 0.250. The normalized spacial score (nSPS) is 17.2. The van der Waals surface area contributed by atoms with Crippen molar-refractivity contribution in [2.75, 3.05) is 13.1 Å². The first-order valence-electron chi connectivity index (χ1n) is 10.9. The second-order valence-corrected chi connectivity index (χ2v) is 8.17. The average molecular weight is 520 g/mol. The van der Waals surface area contributed by atoms with Crippen LogP contribution in [0.4, 0.5) is 13.2 Å². The summed E-state index contributed by atoms with van der Waals surface area (Å²) in [5.41, 5.74) is 7.42. The lowest BCUT2D eigenvalue weighted by atomic mass is 10.1. The highest BCUT2D eigenvalue weighted by Crippen LogP contribution is 2.30. The summed E-state index contributed by atoms with van der Waals surface area (Å²) in [6.45, 7) is 0.862. The van der Waals surface area contributed by atoms with Gasteiger partial charge >= 0.3 is 18.1 Å². The minimum atomic E-state index is -5.08. The molecule has 0 aromatic heterocycles. The molecule has 1 saturated heterocycles. The number of hydrazine groups is 1. The molecule has 0 unspecified atom stereocenters. The maximum Gasteiger partial charge on any atom is 0.490 e. The van der Waals surface area contributed by atoms with Gasteiger partial charge in [0.15, 0.2) is 5.70 Å². The molecule has 4 rings (SSSR count). The van der Waals surface area contributed by atoms with Crippen LogP contribution in [0.25, 0.3) is 0 Å². The van der Waals surface area contributed by atoms with Gasteiger partial charge in [0.05, 0.1) is 12.1 Å². The predicted molar refractivity (Wildman–Crippen MR) is 122 cm³/mol. The third kappa shape index (κ3) is 6.51. The van der Waals surface area contributed by atoms with Gasteiger partial charge in [-0.15, -0.1) is 0 Å². The van der Waals surface area contributed by atoms with Crippen LogP contribution >= 0.6 is 0 Å². The molecule has 2 amide bonds. The van der Waals surface area contributed by atoms with Crippen molar-refractivity contribution in [1.82, 2.24) is 14.9 Å². The topological polar surface area (TPSA) is 144 Å². The summed E-state index contributed by atoms with van der Waals surface area (Å²) in [4.78, 5) is 48.3. The minimum Gasteiger partial charge on any atom is -0.477 e. The zero-order valence-corrected chi connectivity index (χ0v) is 19.3. The summed E-state index contributed by atoms with van der Waals surface area (Å²) in [7, 11) is 0. The van der Waals surface area contributed by atoms with E-state index in [1.807, 2.05) is 60.7 Å². The number of fused-ring (bicyclic) bond motifs is 1. The lowest BCUT2D eigenvalue weighted by Crippen LogP contribution is -2.37. The van der Waals surface area contributed by atoms with E-state index in [9.17, 15) is 32.7 Å². The first kappa shape index (κ1) is 27.4. The zero-order valence-electron chi connectivity index (χ0n) is 19.3. The fourth-order valence-electron chi connectivity index (χ4n) is 3.84. The summed E-state index contributed by atoms with van der Waals surface area (Å²) in [6.07, 6.45) is -5.08. The number of alkyl halides is 3. The zero-order chi connectivity index (χ0) is 27.3. The van der Waals surface area contributed by atoms with Crippen LogP contribution in [-0.2, 0) is 32.3 Å². The van der Waals surface area contributed by atoms with E-state index < -0.39 is 36.0 Å². The Morgan fingerprint density at radius 3 is 1.81 bits per heavy atom. The molecule has 37 heavy (non-hydrogen) atoms. The van der Waals surface area contributed by atoms with Gasteiger partial charge < -0.3 is 20.8 Å². The third-order valence-corrected chi connectivity index (χ3v) is 5.48. The highest BCUT2D eigenvalue weighted by Gasteiger charge is 2.48. The Hall–Kier alpha value is -4.23. The number of hydrogen-bond donors (Lipinski definition) is 3. The van der Waals surface area contributed by atoms with E-state index in [-0.39, 0.29) is 24.4 Å². The Balaban J connectivity index is 0.000000479. The van der Waals surface area contributed by atoms with Crippen LogP contribution in [0.5, 0.6) is 0 Å². The number of carboxylic acid groups (broad SMARTS) is 2. The molecule has 0 spiro atoms. The number of nitrogens with zero attached hydrogens (tertiary/aromatic N) is 3. The van der Waals surface area contributed by atoms with Crippen LogP contribution in [0.3, 0.4) is 0 Å². The van der Waals surface area contributed by atoms with Crippen molar-refractivity contribution in [1.29, 1.82) is 0 Å². The van der Waals surface area contributed by atoms with Crippen LogP contribution in [0.1, 0.15) is 11.1 Å². The summed E-state index contributed by atoms with van der Waals surface area (Å²) < 4.78 is 31.7. The molecule has 2 aliphatic rings. The van der Waals surface area contributed by atoms with Crippen LogP contribution in [-0.4, -0.2) is 74.2 Å². The molecule has 1 fully saturated rings. The molecule has 2 heterocycles. The number of nitrogens with two attached hydrogens (primary N) is 1. The standard InChI is InChI=1S/C22H22N4O4.C2HF3O2/c23-18-14-25-13-17(19(22(29)30)26(25)21(18)28)20(27)24(11-15-7-3-1-4-8-15)12-16-9-5-2-6-10-16;3-2(4,5)1(6)7/h1-10,18H,11-14,23H2,(H,29,30);(H,6,7)/t18-;/m0./s1. The third-order valence-electron chi connectivity index (χ3n) is 5.48. The second-order valence-electron chi connectivity index (χ2n) is 8.17. The lowest BCUT2D eigenvalue weighted by Gasteiger charge is -2.24. The summed E-state index contributed by atoms with van der Waals surface area (Å²) in [5, 5.41) is 19.4. The molecule has 4 N–H and O–H groups in total. The number of hydrogen-bond acceptors (Lipinski definition) is 6. The van der Waals surface area contributed by atoms with Crippen LogP contribution < -0.4 is 5.73 Å². The molecule has 196 valence electrons. The molecule has 13 heteroatoms. The predicted octanol–water partition coefficient (Wildman–Crippen LogP) is 1.59. The summed E-state index contributed by atoms with van der Waals surface area (Å²) in [5.74, 6) is -4.99. The van der Waals surface area contributed by atoms with Gasteiger partial charge in [0.1, 0.15) is 6.04 Å². The number of carbonyl (C=O) groups excluding carboxylic acids is 2. The molecule has 0 aliphatic carbocycles. The van der Waals surface area contributed by atoms with Crippen LogP contribution in [0, 0.1) is 0 Å². The van der Waals surface area contributed by atoms with Crippen molar-refractivity contribution in [3.63, 3.8) is 0 Å². The van der Waals surface area contributed by atoms with Gasteiger partial charge in [-0.25, -0.2) is 19.6 Å². The van der Waals surface area contributed by atoms with E-state index in [1.165, 1.54) is 5.01 Å². The van der Waals surface area contributed by atoms with E-state index in [2.05, 4.69) is 0 Å². The van der Waals surface area contributed by atoms with Crippen molar-refractivity contribution in [3.8, 4) is 0 Å². The minimum absolute atomic E-state index is 0.0417. The van der Waals surface area contributed by atoms with Crippen LogP contribution in [0.2, 0.25) is 0 Å². The van der Waals surface area contributed by atoms with E-state index in [0.29, 0.717) is 13.1 Å². The average Bonchev–Trinajstić information content (AvgIpc) is 3.35. The SMILES string of the molecule is N[C@H]1CN2CC(C(=O)N(Cc3ccccc3)Cc3ccccc3)=C(C(=O)O)N2C1=O.O=C(O)C(F)(F)F. The van der Waals surface area contributed by atoms with E-state index in [1.54, 1.807) is 4.90 Å². The largest absolute Gasteiger partial charge is 0.490 e. The van der Waals surface area contributed by atoms with Crippen molar-refractivity contribution in [2.24, 2.45) is 5.73 Å². The van der Waals surface area contributed by atoms with Crippen molar-refractivity contribution in [2.45, 2.75) is 25.3 Å². The molecule has 2 aliphatic heterocycles. The Labute approximate surface area is 208 Å². The van der Waals surface area contributed by atoms with Gasteiger partial charge in [0, 0.05) is 19.6 Å². The molecule has 0 bridgehead atoms. The van der Waals surface area contributed by atoms with Gasteiger partial charge in [-0.3, -0.25) is 9.59 Å². The first-order valence-corrected chi connectivity index (χ1v) is 10.9. The molecule has 2 aromatic rings. The lowest BCUT2D eigenvalue weighted by molar-refractivity contribution is -0.192.